The zero-order valence-electron chi connectivity index (χ0n) is 11.8. The smallest absolute Gasteiger partial charge is 0.0730 e. The molecule has 0 spiro atoms. The minimum Gasteiger partial charge on any atom is -0.271 e. The van der Waals surface area contributed by atoms with Crippen LogP contribution in [-0.2, 0) is 0 Å². The van der Waals surface area contributed by atoms with Gasteiger partial charge in [0.05, 0.1) is 6.04 Å². The molecule has 0 aliphatic rings. The highest BCUT2D eigenvalue weighted by molar-refractivity contribution is 6.31. The lowest BCUT2D eigenvalue weighted by atomic mass is 9.93. The highest BCUT2D eigenvalue weighted by atomic mass is 35.5. The molecule has 3 N–H and O–H groups in total. The first-order valence-electron chi connectivity index (χ1n) is 6.90. The van der Waals surface area contributed by atoms with Crippen LogP contribution < -0.4 is 11.3 Å². The molecule has 0 aliphatic heterocycles. The number of halogens is 1. The van der Waals surface area contributed by atoms with Crippen molar-refractivity contribution >= 4 is 22.4 Å². The van der Waals surface area contributed by atoms with Crippen LogP contribution in [0, 0.1) is 6.92 Å². The fourth-order valence-electron chi connectivity index (χ4n) is 2.72. The number of rotatable bonds is 3. The summed E-state index contributed by atoms with van der Waals surface area (Å²) in [6, 6.07) is 20.4. The van der Waals surface area contributed by atoms with Crippen LogP contribution in [0.15, 0.2) is 60.7 Å². The highest BCUT2D eigenvalue weighted by Gasteiger charge is 2.17. The first kappa shape index (κ1) is 14.1. The Kier molecular flexibility index (Phi) is 3.93. The molecule has 0 radical (unpaired) electrons. The fourth-order valence-corrected chi connectivity index (χ4v) is 3.06. The number of fused-ring (bicyclic) bond motifs is 1. The third kappa shape index (κ3) is 2.66. The van der Waals surface area contributed by atoms with E-state index in [1.54, 1.807) is 0 Å². The van der Waals surface area contributed by atoms with E-state index in [2.05, 4.69) is 35.8 Å². The summed E-state index contributed by atoms with van der Waals surface area (Å²) >= 11 is 6.41. The van der Waals surface area contributed by atoms with E-state index in [1.165, 1.54) is 10.8 Å². The maximum Gasteiger partial charge on any atom is 0.0730 e. The molecule has 106 valence electrons. The van der Waals surface area contributed by atoms with E-state index in [1.807, 2.05) is 37.3 Å². The summed E-state index contributed by atoms with van der Waals surface area (Å²) < 4.78 is 0. The van der Waals surface area contributed by atoms with Gasteiger partial charge in [0.2, 0.25) is 0 Å². The summed E-state index contributed by atoms with van der Waals surface area (Å²) in [6.45, 7) is 2.03. The highest BCUT2D eigenvalue weighted by Crippen LogP contribution is 2.32. The Hall–Kier alpha value is -1.87. The molecule has 0 heterocycles. The molecule has 1 unspecified atom stereocenters. The number of hydrazine groups is 1. The van der Waals surface area contributed by atoms with Crippen LogP contribution in [0.25, 0.3) is 10.8 Å². The van der Waals surface area contributed by atoms with Crippen LogP contribution >= 0.6 is 11.6 Å². The minimum absolute atomic E-state index is 0.135. The zero-order chi connectivity index (χ0) is 14.8. The normalized spacial score (nSPS) is 12.5. The van der Waals surface area contributed by atoms with Crippen molar-refractivity contribution in [3.63, 3.8) is 0 Å². The van der Waals surface area contributed by atoms with Crippen LogP contribution in [0.4, 0.5) is 0 Å². The van der Waals surface area contributed by atoms with Gasteiger partial charge < -0.3 is 0 Å². The van der Waals surface area contributed by atoms with E-state index < -0.39 is 0 Å². The molecule has 0 amide bonds. The lowest BCUT2D eigenvalue weighted by Gasteiger charge is -2.20. The molecule has 0 aromatic heterocycles. The topological polar surface area (TPSA) is 38.0 Å². The molecular weight excluding hydrogens is 280 g/mol. The Bertz CT molecular complexity index is 778. The predicted molar refractivity (Wildman–Crippen MR) is 89.3 cm³/mol. The van der Waals surface area contributed by atoms with Crippen molar-refractivity contribution in [2.45, 2.75) is 13.0 Å². The number of nitrogens with two attached hydrogens (primary N) is 1. The van der Waals surface area contributed by atoms with E-state index in [9.17, 15) is 0 Å². The molecule has 3 aromatic rings. The summed E-state index contributed by atoms with van der Waals surface area (Å²) in [5.41, 5.74) is 6.15. The largest absolute Gasteiger partial charge is 0.271 e. The summed E-state index contributed by atoms with van der Waals surface area (Å²) in [4.78, 5) is 0. The van der Waals surface area contributed by atoms with Crippen molar-refractivity contribution < 1.29 is 0 Å². The summed E-state index contributed by atoms with van der Waals surface area (Å²) in [6.07, 6.45) is 0. The monoisotopic (exact) mass is 296 g/mol. The Morgan fingerprint density at radius 3 is 2.48 bits per heavy atom. The molecule has 3 rings (SSSR count). The minimum atomic E-state index is -0.135. The molecule has 21 heavy (non-hydrogen) atoms. The van der Waals surface area contributed by atoms with Crippen LogP contribution in [0.5, 0.6) is 0 Å². The summed E-state index contributed by atoms with van der Waals surface area (Å²) in [7, 11) is 0. The predicted octanol–water partition coefficient (Wildman–Crippen LogP) is 4.35. The van der Waals surface area contributed by atoms with Gasteiger partial charge in [-0.25, -0.2) is 5.43 Å². The Balaban J connectivity index is 2.18. The van der Waals surface area contributed by atoms with Gasteiger partial charge in [0.25, 0.3) is 0 Å². The average Bonchev–Trinajstić information content (AvgIpc) is 2.50. The number of aryl methyl sites for hydroxylation is 1. The molecule has 3 heteroatoms. The number of hydrogen-bond acceptors (Lipinski definition) is 2. The lowest BCUT2D eigenvalue weighted by Crippen LogP contribution is -2.29. The second kappa shape index (κ2) is 5.86. The van der Waals surface area contributed by atoms with E-state index in [0.29, 0.717) is 0 Å². The molecule has 0 saturated carbocycles. The Morgan fingerprint density at radius 2 is 1.71 bits per heavy atom. The van der Waals surface area contributed by atoms with Crippen molar-refractivity contribution in [1.82, 2.24) is 5.43 Å². The third-order valence-corrected chi connectivity index (χ3v) is 4.10. The standard InChI is InChI=1S/C18H17ClN2/c1-12-9-10-16(17(19)11-12)18(21-20)15-8-4-6-13-5-2-3-7-14(13)15/h2-11,18,21H,20H2,1H3. The van der Waals surface area contributed by atoms with Gasteiger partial charge >= 0.3 is 0 Å². The van der Waals surface area contributed by atoms with Crippen molar-refractivity contribution in [2.24, 2.45) is 5.84 Å². The van der Waals surface area contributed by atoms with E-state index in [4.69, 9.17) is 17.4 Å². The number of nitrogens with one attached hydrogen (secondary N) is 1. The zero-order valence-corrected chi connectivity index (χ0v) is 12.6. The SMILES string of the molecule is Cc1ccc(C(NN)c2cccc3ccccc23)c(Cl)c1. The van der Waals surface area contributed by atoms with E-state index >= 15 is 0 Å². The van der Waals surface area contributed by atoms with Gasteiger partial charge in [-0.2, -0.15) is 0 Å². The first-order chi connectivity index (χ1) is 10.2. The van der Waals surface area contributed by atoms with Gasteiger partial charge in [0, 0.05) is 5.02 Å². The van der Waals surface area contributed by atoms with Gasteiger partial charge in [-0.1, -0.05) is 66.2 Å². The van der Waals surface area contributed by atoms with Crippen LogP contribution in [0.2, 0.25) is 5.02 Å². The average molecular weight is 297 g/mol. The molecule has 0 aliphatic carbocycles. The molecular formula is C18H17ClN2. The van der Waals surface area contributed by atoms with Gasteiger partial charge in [-0.05, 0) is 40.5 Å². The van der Waals surface area contributed by atoms with Crippen LogP contribution in [-0.4, -0.2) is 0 Å². The van der Waals surface area contributed by atoms with Gasteiger partial charge in [-0.3, -0.25) is 5.84 Å². The Morgan fingerprint density at radius 1 is 0.952 bits per heavy atom. The molecule has 0 saturated heterocycles. The molecule has 3 aromatic carbocycles. The van der Waals surface area contributed by atoms with Gasteiger partial charge in [0.15, 0.2) is 0 Å². The van der Waals surface area contributed by atoms with Gasteiger partial charge in [0.1, 0.15) is 0 Å². The first-order valence-corrected chi connectivity index (χ1v) is 7.28. The van der Waals surface area contributed by atoms with E-state index in [0.717, 1.165) is 21.7 Å². The Labute approximate surface area is 129 Å². The van der Waals surface area contributed by atoms with Crippen molar-refractivity contribution in [3.05, 3.63) is 82.4 Å². The van der Waals surface area contributed by atoms with Crippen LogP contribution in [0.3, 0.4) is 0 Å². The van der Waals surface area contributed by atoms with Crippen molar-refractivity contribution in [2.75, 3.05) is 0 Å². The summed E-state index contributed by atoms with van der Waals surface area (Å²) in [5, 5.41) is 3.10. The molecule has 0 fully saturated rings. The molecule has 0 bridgehead atoms. The van der Waals surface area contributed by atoms with Crippen molar-refractivity contribution in [1.29, 1.82) is 0 Å². The fraction of sp³-hybridized carbons (Fsp3) is 0.111. The molecule has 2 nitrogen and oxygen atoms in total. The van der Waals surface area contributed by atoms with Gasteiger partial charge in [-0.15, -0.1) is 0 Å². The quantitative estimate of drug-likeness (QED) is 0.557. The lowest BCUT2D eigenvalue weighted by molar-refractivity contribution is 0.641. The van der Waals surface area contributed by atoms with Crippen molar-refractivity contribution in [3.8, 4) is 0 Å². The van der Waals surface area contributed by atoms with E-state index in [-0.39, 0.29) is 6.04 Å². The number of benzene rings is 3. The molecule has 1 atom stereocenters. The number of hydrogen-bond donors (Lipinski definition) is 2. The maximum absolute atomic E-state index is 6.41. The third-order valence-electron chi connectivity index (χ3n) is 3.77. The van der Waals surface area contributed by atoms with Crippen LogP contribution in [0.1, 0.15) is 22.7 Å². The summed E-state index contributed by atoms with van der Waals surface area (Å²) in [5.74, 6) is 5.83. The maximum atomic E-state index is 6.41. The second-order valence-corrected chi connectivity index (χ2v) is 5.60. The second-order valence-electron chi connectivity index (χ2n) is 5.19.